The minimum Gasteiger partial charge on any atom is -0.384 e. The summed E-state index contributed by atoms with van der Waals surface area (Å²) < 4.78 is 10.3. The lowest BCUT2D eigenvalue weighted by Crippen LogP contribution is -2.08. The van der Waals surface area contributed by atoms with Gasteiger partial charge in [0, 0.05) is 20.3 Å². The molecule has 0 unspecified atom stereocenters. The highest BCUT2D eigenvalue weighted by Crippen LogP contribution is 2.24. The van der Waals surface area contributed by atoms with Gasteiger partial charge in [0.2, 0.25) is 0 Å². The Kier molecular flexibility index (Phi) is 7.01. The van der Waals surface area contributed by atoms with Crippen molar-refractivity contribution in [2.75, 3.05) is 38.8 Å². The number of rotatable bonds is 8. The fourth-order valence-electron chi connectivity index (χ4n) is 1.43. The summed E-state index contributed by atoms with van der Waals surface area (Å²) in [4.78, 5) is 0. The highest BCUT2D eigenvalue weighted by atomic mass is 35.5. The van der Waals surface area contributed by atoms with E-state index in [2.05, 4.69) is 5.32 Å². The van der Waals surface area contributed by atoms with Crippen molar-refractivity contribution < 1.29 is 9.47 Å². The fourth-order valence-corrected chi connectivity index (χ4v) is 1.62. The van der Waals surface area contributed by atoms with Crippen LogP contribution in [0.5, 0.6) is 0 Å². The number of ether oxygens (including phenoxy) is 2. The predicted molar refractivity (Wildman–Crippen MR) is 72.0 cm³/mol. The van der Waals surface area contributed by atoms with Crippen LogP contribution >= 0.6 is 11.6 Å². The third-order valence-electron chi connectivity index (χ3n) is 2.40. The molecule has 0 spiro atoms. The summed E-state index contributed by atoms with van der Waals surface area (Å²) in [5, 5.41) is 4.10. The van der Waals surface area contributed by atoms with Gasteiger partial charge in [-0.15, -0.1) is 0 Å². The summed E-state index contributed by atoms with van der Waals surface area (Å²) in [5.74, 6) is 0. The van der Waals surface area contributed by atoms with E-state index < -0.39 is 0 Å². The van der Waals surface area contributed by atoms with Gasteiger partial charge in [-0.1, -0.05) is 23.7 Å². The number of hydrogen-bond donors (Lipinski definition) is 1. The van der Waals surface area contributed by atoms with E-state index in [9.17, 15) is 0 Å². The first kappa shape index (κ1) is 14.3. The predicted octanol–water partition coefficient (Wildman–Crippen LogP) is 3.11. The Labute approximate surface area is 108 Å². The molecule has 0 fully saturated rings. The van der Waals surface area contributed by atoms with Crippen LogP contribution in [-0.4, -0.2) is 33.5 Å². The summed E-state index contributed by atoms with van der Waals surface area (Å²) >= 11 is 6.16. The van der Waals surface area contributed by atoms with Crippen molar-refractivity contribution in [2.24, 2.45) is 0 Å². The second kappa shape index (κ2) is 8.34. The van der Waals surface area contributed by atoms with Crippen LogP contribution in [0, 0.1) is 6.92 Å². The molecule has 3 nitrogen and oxygen atoms in total. The van der Waals surface area contributed by atoms with E-state index in [0.717, 1.165) is 35.8 Å². The smallest absolute Gasteiger partial charge is 0.0700 e. The molecule has 0 amide bonds. The average molecular weight is 258 g/mol. The van der Waals surface area contributed by atoms with Crippen molar-refractivity contribution in [2.45, 2.75) is 13.3 Å². The lowest BCUT2D eigenvalue weighted by atomic mass is 10.2. The van der Waals surface area contributed by atoms with Crippen LogP contribution in [0.25, 0.3) is 0 Å². The molecule has 0 heterocycles. The molecule has 0 aliphatic heterocycles. The lowest BCUT2D eigenvalue weighted by Gasteiger charge is -2.10. The number of nitrogens with one attached hydrogen (secondary N) is 1. The minimum atomic E-state index is 0.650. The van der Waals surface area contributed by atoms with Gasteiger partial charge in [0.15, 0.2) is 0 Å². The normalized spacial score (nSPS) is 10.5. The second-order valence-corrected chi connectivity index (χ2v) is 4.20. The molecular formula is C13H20ClNO2. The summed E-state index contributed by atoms with van der Waals surface area (Å²) in [6.45, 7) is 4.90. The van der Waals surface area contributed by atoms with Crippen LogP contribution in [-0.2, 0) is 9.47 Å². The van der Waals surface area contributed by atoms with Crippen molar-refractivity contribution in [1.82, 2.24) is 0 Å². The maximum atomic E-state index is 6.16. The van der Waals surface area contributed by atoms with E-state index in [4.69, 9.17) is 21.1 Å². The van der Waals surface area contributed by atoms with Gasteiger partial charge in [-0.2, -0.15) is 0 Å². The summed E-state index contributed by atoms with van der Waals surface area (Å²) in [6, 6.07) is 5.99. The lowest BCUT2D eigenvalue weighted by molar-refractivity contribution is 0.0705. The summed E-state index contributed by atoms with van der Waals surface area (Å²) in [5.41, 5.74) is 2.08. The maximum absolute atomic E-state index is 6.16. The molecule has 0 atom stereocenters. The molecular weight excluding hydrogens is 238 g/mol. The van der Waals surface area contributed by atoms with Crippen molar-refractivity contribution in [3.8, 4) is 0 Å². The third kappa shape index (κ3) is 5.39. The molecule has 1 aromatic carbocycles. The Hall–Kier alpha value is -0.770. The topological polar surface area (TPSA) is 30.5 Å². The summed E-state index contributed by atoms with van der Waals surface area (Å²) in [7, 11) is 1.67. The monoisotopic (exact) mass is 257 g/mol. The Morgan fingerprint density at radius 3 is 2.82 bits per heavy atom. The maximum Gasteiger partial charge on any atom is 0.0700 e. The molecule has 96 valence electrons. The van der Waals surface area contributed by atoms with Crippen LogP contribution in [0.15, 0.2) is 18.2 Å². The van der Waals surface area contributed by atoms with Crippen LogP contribution in [0.1, 0.15) is 12.0 Å². The van der Waals surface area contributed by atoms with Gasteiger partial charge >= 0.3 is 0 Å². The molecule has 0 aromatic heterocycles. The third-order valence-corrected chi connectivity index (χ3v) is 2.91. The van der Waals surface area contributed by atoms with Crippen molar-refractivity contribution >= 4 is 17.3 Å². The van der Waals surface area contributed by atoms with Crippen LogP contribution in [0.3, 0.4) is 0 Å². The van der Waals surface area contributed by atoms with E-state index in [1.807, 2.05) is 25.1 Å². The Morgan fingerprint density at radius 1 is 1.24 bits per heavy atom. The highest BCUT2D eigenvalue weighted by molar-refractivity contribution is 6.33. The van der Waals surface area contributed by atoms with Gasteiger partial charge in [-0.25, -0.2) is 0 Å². The quantitative estimate of drug-likeness (QED) is 0.726. The molecule has 0 saturated carbocycles. The van der Waals surface area contributed by atoms with E-state index in [-0.39, 0.29) is 0 Å². The van der Waals surface area contributed by atoms with Gasteiger partial charge in [-0.3, -0.25) is 0 Å². The zero-order valence-electron chi connectivity index (χ0n) is 10.5. The molecule has 0 radical (unpaired) electrons. The zero-order chi connectivity index (χ0) is 12.5. The SMILES string of the molecule is COCCOCCCNc1cccc(C)c1Cl. The van der Waals surface area contributed by atoms with E-state index in [1.54, 1.807) is 7.11 Å². The van der Waals surface area contributed by atoms with Crippen molar-refractivity contribution in [3.63, 3.8) is 0 Å². The van der Waals surface area contributed by atoms with Gasteiger partial charge in [0.25, 0.3) is 0 Å². The Bertz CT molecular complexity index is 331. The number of aryl methyl sites for hydroxylation is 1. The number of benzene rings is 1. The molecule has 1 rings (SSSR count). The molecule has 4 heteroatoms. The van der Waals surface area contributed by atoms with Crippen LogP contribution < -0.4 is 5.32 Å². The van der Waals surface area contributed by atoms with Gasteiger partial charge < -0.3 is 14.8 Å². The fraction of sp³-hybridized carbons (Fsp3) is 0.538. The number of hydrogen-bond acceptors (Lipinski definition) is 3. The molecule has 17 heavy (non-hydrogen) atoms. The Morgan fingerprint density at radius 2 is 2.06 bits per heavy atom. The summed E-state index contributed by atoms with van der Waals surface area (Å²) in [6.07, 6.45) is 0.952. The molecule has 1 N–H and O–H groups in total. The average Bonchev–Trinajstić information content (AvgIpc) is 2.33. The number of anilines is 1. The highest BCUT2D eigenvalue weighted by Gasteiger charge is 2.01. The van der Waals surface area contributed by atoms with Gasteiger partial charge in [0.1, 0.15) is 0 Å². The van der Waals surface area contributed by atoms with E-state index in [1.165, 1.54) is 0 Å². The molecule has 0 aliphatic rings. The first-order valence-corrected chi connectivity index (χ1v) is 6.19. The molecule has 0 bridgehead atoms. The molecule has 1 aromatic rings. The van der Waals surface area contributed by atoms with Crippen molar-refractivity contribution in [1.29, 1.82) is 0 Å². The number of methoxy groups -OCH3 is 1. The standard InChI is InChI=1S/C13H20ClNO2/c1-11-5-3-6-12(13(11)14)15-7-4-8-17-10-9-16-2/h3,5-6,15H,4,7-10H2,1-2H3. The van der Waals surface area contributed by atoms with E-state index in [0.29, 0.717) is 13.2 Å². The number of halogens is 1. The van der Waals surface area contributed by atoms with Crippen molar-refractivity contribution in [3.05, 3.63) is 28.8 Å². The first-order chi connectivity index (χ1) is 8.25. The van der Waals surface area contributed by atoms with Crippen LogP contribution in [0.2, 0.25) is 5.02 Å². The largest absolute Gasteiger partial charge is 0.384 e. The zero-order valence-corrected chi connectivity index (χ0v) is 11.2. The van der Waals surface area contributed by atoms with Gasteiger partial charge in [-0.05, 0) is 25.0 Å². The van der Waals surface area contributed by atoms with Gasteiger partial charge in [0.05, 0.1) is 23.9 Å². The van der Waals surface area contributed by atoms with E-state index >= 15 is 0 Å². The first-order valence-electron chi connectivity index (χ1n) is 5.81. The molecule has 0 saturated heterocycles. The minimum absolute atomic E-state index is 0.650. The molecule has 0 aliphatic carbocycles. The second-order valence-electron chi connectivity index (χ2n) is 3.82. The van der Waals surface area contributed by atoms with Crippen LogP contribution in [0.4, 0.5) is 5.69 Å². The Balaban J connectivity index is 2.16.